The molecule has 0 unspecified atom stereocenters. The average Bonchev–Trinajstić information content (AvgIpc) is 2.25. The van der Waals surface area contributed by atoms with Crippen LogP contribution in [0.1, 0.15) is 30.6 Å². The molecule has 5 heteroatoms. The molecule has 0 radical (unpaired) electrons. The molecule has 1 fully saturated rings. The van der Waals surface area contributed by atoms with E-state index in [0.717, 1.165) is 19.5 Å². The minimum absolute atomic E-state index is 0.0216. The molecule has 1 saturated heterocycles. The zero-order chi connectivity index (χ0) is 13.8. The van der Waals surface area contributed by atoms with Gasteiger partial charge in [0.1, 0.15) is 0 Å². The number of carbonyl (C=O) groups excluding carboxylic acids is 2. The van der Waals surface area contributed by atoms with Gasteiger partial charge in [0.15, 0.2) is 0 Å². The van der Waals surface area contributed by atoms with Crippen LogP contribution in [-0.2, 0) is 0 Å². The highest BCUT2D eigenvalue weighted by Gasteiger charge is 2.23. The summed E-state index contributed by atoms with van der Waals surface area (Å²) in [4.78, 5) is 25.7. The number of hydrogen-bond acceptors (Lipinski definition) is 2. The summed E-state index contributed by atoms with van der Waals surface area (Å²) >= 11 is 0. The van der Waals surface area contributed by atoms with Gasteiger partial charge in [-0.2, -0.15) is 0 Å². The molecule has 2 N–H and O–H groups in total. The molecule has 0 atom stereocenters. The average molecular weight is 261 g/mol. The van der Waals surface area contributed by atoms with Crippen molar-refractivity contribution in [3.63, 3.8) is 0 Å². The number of carbonyl (C=O) groups is 2. The van der Waals surface area contributed by atoms with Gasteiger partial charge >= 0.3 is 6.03 Å². The van der Waals surface area contributed by atoms with Crippen LogP contribution < -0.4 is 10.6 Å². The lowest BCUT2D eigenvalue weighted by Crippen LogP contribution is -2.42. The van der Waals surface area contributed by atoms with E-state index in [1.807, 2.05) is 13.8 Å². The number of rotatable bonds is 3. The van der Waals surface area contributed by atoms with Crippen molar-refractivity contribution in [1.82, 2.24) is 10.2 Å². The van der Waals surface area contributed by atoms with Crippen molar-refractivity contribution in [2.24, 2.45) is 0 Å². The first-order chi connectivity index (χ1) is 9.08. The van der Waals surface area contributed by atoms with Crippen molar-refractivity contribution in [3.8, 4) is 0 Å². The van der Waals surface area contributed by atoms with Crippen LogP contribution in [0.5, 0.6) is 0 Å². The van der Waals surface area contributed by atoms with E-state index in [1.165, 1.54) is 0 Å². The number of urea groups is 1. The second-order valence-corrected chi connectivity index (χ2v) is 4.94. The maximum Gasteiger partial charge on any atom is 0.319 e. The van der Waals surface area contributed by atoms with E-state index >= 15 is 0 Å². The highest BCUT2D eigenvalue weighted by atomic mass is 16.2. The van der Waals surface area contributed by atoms with E-state index in [2.05, 4.69) is 10.6 Å². The minimum atomic E-state index is -0.293. The summed E-state index contributed by atoms with van der Waals surface area (Å²) in [6.07, 6.45) is 1.05. The first kappa shape index (κ1) is 13.4. The van der Waals surface area contributed by atoms with Gasteiger partial charge in [-0.3, -0.25) is 4.79 Å². The molecule has 102 valence electrons. The number of benzene rings is 1. The molecule has 0 saturated carbocycles. The van der Waals surface area contributed by atoms with Crippen molar-refractivity contribution >= 4 is 17.6 Å². The molecular formula is C14H19N3O2. The fourth-order valence-corrected chi connectivity index (χ4v) is 1.89. The van der Waals surface area contributed by atoms with Crippen LogP contribution in [0.15, 0.2) is 24.3 Å². The quantitative estimate of drug-likeness (QED) is 0.875. The lowest BCUT2D eigenvalue weighted by Gasteiger charge is -2.31. The van der Waals surface area contributed by atoms with Crippen molar-refractivity contribution in [2.75, 3.05) is 18.4 Å². The molecule has 1 aliphatic rings. The second-order valence-electron chi connectivity index (χ2n) is 4.94. The Morgan fingerprint density at radius 3 is 2.47 bits per heavy atom. The Balaban J connectivity index is 2.11. The molecular weight excluding hydrogens is 242 g/mol. The summed E-state index contributed by atoms with van der Waals surface area (Å²) in [5.74, 6) is -0.0216. The number of anilines is 1. The molecule has 1 aliphatic heterocycles. The van der Waals surface area contributed by atoms with Gasteiger partial charge in [-0.15, -0.1) is 0 Å². The summed E-state index contributed by atoms with van der Waals surface area (Å²) in [5, 5.41) is 5.47. The highest BCUT2D eigenvalue weighted by molar-refractivity contribution is 6.03. The summed E-state index contributed by atoms with van der Waals surface area (Å²) in [6.45, 7) is 5.37. The van der Waals surface area contributed by atoms with Crippen molar-refractivity contribution in [2.45, 2.75) is 26.3 Å². The maximum absolute atomic E-state index is 12.2. The van der Waals surface area contributed by atoms with E-state index in [9.17, 15) is 9.59 Å². The fourth-order valence-electron chi connectivity index (χ4n) is 1.89. The summed E-state index contributed by atoms with van der Waals surface area (Å²) < 4.78 is 0. The Morgan fingerprint density at radius 1 is 1.21 bits per heavy atom. The smallest absolute Gasteiger partial charge is 0.319 e. The normalized spacial score (nSPS) is 13.9. The van der Waals surface area contributed by atoms with Crippen LogP contribution >= 0.6 is 0 Å². The molecule has 0 aliphatic carbocycles. The number of amides is 3. The van der Waals surface area contributed by atoms with E-state index in [-0.39, 0.29) is 18.0 Å². The summed E-state index contributed by atoms with van der Waals surface area (Å²) in [7, 11) is 0. The van der Waals surface area contributed by atoms with Gasteiger partial charge in [-0.1, -0.05) is 12.1 Å². The van der Waals surface area contributed by atoms with Crippen molar-refractivity contribution in [3.05, 3.63) is 29.8 Å². The SMILES string of the molecule is CC(C)NC(=O)Nc1ccccc1C(=O)N1CCC1. The van der Waals surface area contributed by atoms with E-state index < -0.39 is 0 Å². The third-order valence-corrected chi connectivity index (χ3v) is 2.97. The number of nitrogens with zero attached hydrogens (tertiary/aromatic N) is 1. The maximum atomic E-state index is 12.2. The van der Waals surface area contributed by atoms with Gasteiger partial charge < -0.3 is 15.5 Å². The van der Waals surface area contributed by atoms with Crippen LogP contribution in [0, 0.1) is 0 Å². The predicted octanol–water partition coefficient (Wildman–Crippen LogP) is 2.06. The van der Waals surface area contributed by atoms with Crippen molar-refractivity contribution in [1.29, 1.82) is 0 Å². The zero-order valence-corrected chi connectivity index (χ0v) is 11.3. The number of likely N-dealkylation sites (tertiary alicyclic amines) is 1. The van der Waals surface area contributed by atoms with Gasteiger partial charge in [0, 0.05) is 19.1 Å². The first-order valence-electron chi connectivity index (χ1n) is 6.54. The van der Waals surface area contributed by atoms with Crippen LogP contribution in [0.2, 0.25) is 0 Å². The molecule has 1 heterocycles. The lowest BCUT2D eigenvalue weighted by atomic mass is 10.1. The highest BCUT2D eigenvalue weighted by Crippen LogP contribution is 2.20. The molecule has 5 nitrogen and oxygen atoms in total. The van der Waals surface area contributed by atoms with Crippen LogP contribution in [-0.4, -0.2) is 36.0 Å². The van der Waals surface area contributed by atoms with E-state index in [1.54, 1.807) is 29.2 Å². The lowest BCUT2D eigenvalue weighted by molar-refractivity contribution is 0.0653. The van der Waals surface area contributed by atoms with Crippen LogP contribution in [0.3, 0.4) is 0 Å². The first-order valence-corrected chi connectivity index (χ1v) is 6.54. The monoisotopic (exact) mass is 261 g/mol. The molecule has 3 amide bonds. The Bertz CT molecular complexity index is 481. The van der Waals surface area contributed by atoms with E-state index in [0.29, 0.717) is 11.3 Å². The third-order valence-electron chi connectivity index (χ3n) is 2.97. The zero-order valence-electron chi connectivity index (χ0n) is 11.3. The second kappa shape index (κ2) is 5.73. The number of para-hydroxylation sites is 1. The topological polar surface area (TPSA) is 61.4 Å². The molecule has 0 aromatic heterocycles. The molecule has 1 aromatic carbocycles. The Hall–Kier alpha value is -2.04. The Morgan fingerprint density at radius 2 is 1.89 bits per heavy atom. The van der Waals surface area contributed by atoms with Gasteiger partial charge in [0.2, 0.25) is 0 Å². The fraction of sp³-hybridized carbons (Fsp3) is 0.429. The number of nitrogens with one attached hydrogen (secondary N) is 2. The van der Waals surface area contributed by atoms with Gasteiger partial charge in [-0.25, -0.2) is 4.79 Å². The van der Waals surface area contributed by atoms with Gasteiger partial charge in [0.05, 0.1) is 11.3 Å². The Kier molecular flexibility index (Phi) is 4.04. The standard InChI is InChI=1S/C14H19N3O2/c1-10(2)15-14(19)16-12-7-4-3-6-11(12)13(18)17-8-5-9-17/h3-4,6-7,10H,5,8-9H2,1-2H3,(H2,15,16,19). The molecule has 0 bridgehead atoms. The summed E-state index contributed by atoms with van der Waals surface area (Å²) in [5.41, 5.74) is 1.10. The number of hydrogen-bond donors (Lipinski definition) is 2. The van der Waals surface area contributed by atoms with E-state index in [4.69, 9.17) is 0 Å². The van der Waals surface area contributed by atoms with Gasteiger partial charge in [-0.05, 0) is 32.4 Å². The largest absolute Gasteiger partial charge is 0.338 e. The minimum Gasteiger partial charge on any atom is -0.338 e. The molecule has 0 spiro atoms. The molecule has 19 heavy (non-hydrogen) atoms. The van der Waals surface area contributed by atoms with Crippen LogP contribution in [0.4, 0.5) is 10.5 Å². The summed E-state index contributed by atoms with van der Waals surface area (Å²) in [6, 6.07) is 6.85. The molecule has 1 aromatic rings. The third kappa shape index (κ3) is 3.24. The Labute approximate surface area is 113 Å². The van der Waals surface area contributed by atoms with Crippen molar-refractivity contribution < 1.29 is 9.59 Å². The van der Waals surface area contributed by atoms with Crippen LogP contribution in [0.25, 0.3) is 0 Å². The predicted molar refractivity (Wildman–Crippen MR) is 74.3 cm³/mol. The molecule has 2 rings (SSSR count). The van der Waals surface area contributed by atoms with Gasteiger partial charge in [0.25, 0.3) is 5.91 Å².